The second kappa shape index (κ2) is 9.01. The van der Waals surface area contributed by atoms with Gasteiger partial charge >= 0.3 is 0 Å². The molecule has 152 valence electrons. The Morgan fingerprint density at radius 3 is 2.59 bits per heavy atom. The fourth-order valence-corrected chi connectivity index (χ4v) is 3.52. The summed E-state index contributed by atoms with van der Waals surface area (Å²) < 4.78 is 5.58. The van der Waals surface area contributed by atoms with E-state index in [2.05, 4.69) is 4.98 Å². The Balaban J connectivity index is 2.02. The van der Waals surface area contributed by atoms with Gasteiger partial charge in [0.2, 0.25) is 0 Å². The average molecular weight is 394 g/mol. The van der Waals surface area contributed by atoms with E-state index in [1.54, 1.807) is 12.1 Å². The molecule has 6 nitrogen and oxygen atoms in total. The zero-order chi connectivity index (χ0) is 21.0. The van der Waals surface area contributed by atoms with Crippen molar-refractivity contribution in [1.29, 1.82) is 0 Å². The first kappa shape index (κ1) is 20.7. The lowest BCUT2D eigenvalue weighted by molar-refractivity contribution is -0.140. The van der Waals surface area contributed by atoms with E-state index in [1.807, 2.05) is 45.0 Å². The largest absolute Gasteiger partial charge is 0.507 e. The summed E-state index contributed by atoms with van der Waals surface area (Å²) in [5.41, 5.74) is 2.38. The van der Waals surface area contributed by atoms with E-state index in [0.717, 1.165) is 11.1 Å². The predicted octanol–water partition coefficient (Wildman–Crippen LogP) is 3.63. The number of aryl methyl sites for hydroxylation is 1. The number of ether oxygens (including phenoxy) is 1. The minimum atomic E-state index is -0.671. The third-order valence-corrected chi connectivity index (χ3v) is 4.85. The van der Waals surface area contributed by atoms with Gasteiger partial charge in [0.1, 0.15) is 5.76 Å². The minimum Gasteiger partial charge on any atom is -0.507 e. The standard InChI is InChI=1S/C23H26N2O4/c1-15(2)29-13-5-12-25-20(18-7-4-6-16(3)14-18)19(22(27)23(25)28)21(26)17-8-10-24-11-9-17/h4,6-11,14-15,20,26H,5,12-13H2,1-3H3/b21-19-. The van der Waals surface area contributed by atoms with Crippen LogP contribution in [0.1, 0.15) is 43.0 Å². The Hall–Kier alpha value is -2.99. The zero-order valence-electron chi connectivity index (χ0n) is 17.0. The Morgan fingerprint density at radius 1 is 1.21 bits per heavy atom. The van der Waals surface area contributed by atoms with Gasteiger partial charge in [-0.3, -0.25) is 14.6 Å². The number of nitrogens with zero attached hydrogens (tertiary/aromatic N) is 2. The van der Waals surface area contributed by atoms with E-state index >= 15 is 0 Å². The van der Waals surface area contributed by atoms with Crippen molar-refractivity contribution in [2.45, 2.75) is 39.3 Å². The summed E-state index contributed by atoms with van der Waals surface area (Å²) in [6.45, 7) is 6.71. The lowest BCUT2D eigenvalue weighted by Crippen LogP contribution is -2.31. The summed E-state index contributed by atoms with van der Waals surface area (Å²) in [6.07, 6.45) is 3.78. The summed E-state index contributed by atoms with van der Waals surface area (Å²) in [5, 5.41) is 10.9. The Kier molecular flexibility index (Phi) is 6.44. The highest BCUT2D eigenvalue weighted by molar-refractivity contribution is 6.46. The van der Waals surface area contributed by atoms with Gasteiger partial charge in [-0.05, 0) is 44.9 Å². The van der Waals surface area contributed by atoms with Crippen molar-refractivity contribution in [3.05, 3.63) is 71.1 Å². The van der Waals surface area contributed by atoms with E-state index in [9.17, 15) is 14.7 Å². The third kappa shape index (κ3) is 4.54. The van der Waals surface area contributed by atoms with Gasteiger partial charge < -0.3 is 14.7 Å². The highest BCUT2D eigenvalue weighted by atomic mass is 16.5. The fraction of sp³-hybridized carbons (Fsp3) is 0.348. The van der Waals surface area contributed by atoms with Crippen molar-refractivity contribution < 1.29 is 19.4 Å². The van der Waals surface area contributed by atoms with Crippen molar-refractivity contribution in [1.82, 2.24) is 9.88 Å². The van der Waals surface area contributed by atoms with Gasteiger partial charge in [0.15, 0.2) is 0 Å². The molecule has 1 aromatic heterocycles. The number of hydrogen-bond donors (Lipinski definition) is 1. The van der Waals surface area contributed by atoms with Crippen LogP contribution in [-0.4, -0.2) is 45.9 Å². The second-order valence-corrected chi connectivity index (χ2v) is 7.42. The third-order valence-electron chi connectivity index (χ3n) is 4.85. The van der Waals surface area contributed by atoms with Crippen molar-refractivity contribution in [2.75, 3.05) is 13.2 Å². The number of aliphatic hydroxyl groups is 1. The lowest BCUT2D eigenvalue weighted by Gasteiger charge is -2.25. The van der Waals surface area contributed by atoms with Crippen LogP contribution in [0.15, 0.2) is 54.4 Å². The van der Waals surface area contributed by atoms with Gasteiger partial charge in [-0.25, -0.2) is 0 Å². The molecule has 1 fully saturated rings. The number of Topliss-reactive ketones (excluding diaryl/α,β-unsaturated/α-hetero) is 1. The minimum absolute atomic E-state index is 0.102. The monoisotopic (exact) mass is 394 g/mol. The SMILES string of the molecule is Cc1cccc(C2/C(=C(/O)c3ccncc3)C(=O)C(=O)N2CCCOC(C)C)c1. The maximum absolute atomic E-state index is 12.9. The van der Waals surface area contributed by atoms with E-state index in [4.69, 9.17) is 4.74 Å². The lowest BCUT2D eigenvalue weighted by atomic mass is 9.94. The number of likely N-dealkylation sites (tertiary alicyclic amines) is 1. The second-order valence-electron chi connectivity index (χ2n) is 7.42. The van der Waals surface area contributed by atoms with Crippen LogP contribution in [0.25, 0.3) is 5.76 Å². The molecule has 6 heteroatoms. The van der Waals surface area contributed by atoms with E-state index < -0.39 is 17.7 Å². The number of pyridine rings is 1. The molecule has 2 aromatic rings. The first-order chi connectivity index (χ1) is 13.9. The summed E-state index contributed by atoms with van der Waals surface area (Å²) in [6, 6.07) is 10.3. The summed E-state index contributed by atoms with van der Waals surface area (Å²) in [5.74, 6) is -1.45. The van der Waals surface area contributed by atoms with Crippen molar-refractivity contribution in [3.8, 4) is 0 Å². The molecule has 1 saturated heterocycles. The van der Waals surface area contributed by atoms with Gasteiger partial charge in [-0.1, -0.05) is 29.8 Å². The maximum atomic E-state index is 12.9. The molecule has 1 amide bonds. The van der Waals surface area contributed by atoms with Crippen LogP contribution in [0.3, 0.4) is 0 Å². The highest BCUT2D eigenvalue weighted by Crippen LogP contribution is 2.39. The fourth-order valence-electron chi connectivity index (χ4n) is 3.52. The van der Waals surface area contributed by atoms with E-state index in [1.165, 1.54) is 17.3 Å². The van der Waals surface area contributed by atoms with E-state index in [0.29, 0.717) is 25.1 Å². The number of aromatic nitrogens is 1. The van der Waals surface area contributed by atoms with Gasteiger partial charge in [-0.2, -0.15) is 0 Å². The summed E-state index contributed by atoms with van der Waals surface area (Å²) in [4.78, 5) is 31.2. The van der Waals surface area contributed by atoms with Crippen molar-refractivity contribution >= 4 is 17.4 Å². The summed E-state index contributed by atoms with van der Waals surface area (Å²) in [7, 11) is 0. The first-order valence-electron chi connectivity index (χ1n) is 9.77. The molecule has 0 radical (unpaired) electrons. The number of benzene rings is 1. The molecule has 2 heterocycles. The number of amides is 1. The number of carbonyl (C=O) groups excluding carboxylic acids is 2. The first-order valence-corrected chi connectivity index (χ1v) is 9.77. The van der Waals surface area contributed by atoms with Crippen LogP contribution in [0, 0.1) is 6.92 Å². The average Bonchev–Trinajstić information content (AvgIpc) is 2.96. The smallest absolute Gasteiger partial charge is 0.295 e. The normalized spacial score (nSPS) is 18.6. The quantitative estimate of drug-likeness (QED) is 0.336. The Morgan fingerprint density at radius 2 is 1.93 bits per heavy atom. The molecule has 0 saturated carbocycles. The Labute approximate surface area is 170 Å². The maximum Gasteiger partial charge on any atom is 0.295 e. The van der Waals surface area contributed by atoms with E-state index in [-0.39, 0.29) is 17.4 Å². The molecule has 29 heavy (non-hydrogen) atoms. The number of hydrogen-bond acceptors (Lipinski definition) is 5. The molecular formula is C23H26N2O4. The van der Waals surface area contributed by atoms with Gasteiger partial charge in [-0.15, -0.1) is 0 Å². The van der Waals surface area contributed by atoms with Crippen LogP contribution >= 0.6 is 0 Å². The van der Waals surface area contributed by atoms with Gasteiger partial charge in [0, 0.05) is 31.1 Å². The molecule has 1 aliphatic rings. The van der Waals surface area contributed by atoms with Crippen LogP contribution < -0.4 is 0 Å². The molecule has 3 rings (SSSR count). The summed E-state index contributed by atoms with van der Waals surface area (Å²) >= 11 is 0. The number of aliphatic hydroxyl groups excluding tert-OH is 1. The zero-order valence-corrected chi connectivity index (χ0v) is 17.0. The van der Waals surface area contributed by atoms with Crippen LogP contribution in [0.4, 0.5) is 0 Å². The highest BCUT2D eigenvalue weighted by Gasteiger charge is 2.45. The van der Waals surface area contributed by atoms with Crippen LogP contribution in [0.5, 0.6) is 0 Å². The molecule has 0 spiro atoms. The van der Waals surface area contributed by atoms with Gasteiger partial charge in [0.05, 0.1) is 17.7 Å². The molecule has 0 aliphatic carbocycles. The van der Waals surface area contributed by atoms with Crippen LogP contribution in [0.2, 0.25) is 0 Å². The molecule has 1 aromatic carbocycles. The molecule has 1 aliphatic heterocycles. The molecule has 1 N–H and O–H groups in total. The predicted molar refractivity (Wildman–Crippen MR) is 110 cm³/mol. The number of ketones is 1. The van der Waals surface area contributed by atoms with Crippen molar-refractivity contribution in [3.63, 3.8) is 0 Å². The topological polar surface area (TPSA) is 79.7 Å². The van der Waals surface area contributed by atoms with Crippen LogP contribution in [-0.2, 0) is 14.3 Å². The number of carbonyl (C=O) groups is 2. The molecule has 0 bridgehead atoms. The number of rotatable bonds is 7. The Bertz CT molecular complexity index is 921. The van der Waals surface area contributed by atoms with Crippen molar-refractivity contribution in [2.24, 2.45) is 0 Å². The molecule has 1 unspecified atom stereocenters. The molecular weight excluding hydrogens is 368 g/mol. The molecule has 1 atom stereocenters. The van der Waals surface area contributed by atoms with Gasteiger partial charge in [0.25, 0.3) is 11.7 Å².